The lowest BCUT2D eigenvalue weighted by Gasteiger charge is -2.10. The SMILES string of the molecule is COc1cccc(NC(=O)c2ccc(Br)cc2OC)c1. The second-order valence-corrected chi connectivity index (χ2v) is 4.95. The normalized spacial score (nSPS) is 9.95. The average molecular weight is 336 g/mol. The van der Waals surface area contributed by atoms with Gasteiger partial charge >= 0.3 is 0 Å². The molecule has 2 aromatic rings. The van der Waals surface area contributed by atoms with Gasteiger partial charge in [0, 0.05) is 16.2 Å². The standard InChI is InChI=1S/C15H14BrNO3/c1-19-12-5-3-4-11(9-12)17-15(18)13-7-6-10(16)8-14(13)20-2/h3-9H,1-2H3,(H,17,18). The van der Waals surface area contributed by atoms with E-state index in [-0.39, 0.29) is 5.91 Å². The van der Waals surface area contributed by atoms with Crippen LogP contribution in [-0.2, 0) is 0 Å². The Kier molecular flexibility index (Phi) is 4.63. The summed E-state index contributed by atoms with van der Waals surface area (Å²) in [4.78, 5) is 12.3. The van der Waals surface area contributed by atoms with Crippen molar-refractivity contribution in [2.24, 2.45) is 0 Å². The Bertz CT molecular complexity index is 628. The Morgan fingerprint density at radius 1 is 1.10 bits per heavy atom. The van der Waals surface area contributed by atoms with Crippen molar-refractivity contribution in [2.45, 2.75) is 0 Å². The number of rotatable bonds is 4. The zero-order valence-corrected chi connectivity index (χ0v) is 12.7. The fourth-order valence-electron chi connectivity index (χ4n) is 1.75. The first-order chi connectivity index (χ1) is 9.63. The first-order valence-electron chi connectivity index (χ1n) is 5.93. The Labute approximate surface area is 125 Å². The minimum absolute atomic E-state index is 0.234. The highest BCUT2D eigenvalue weighted by Gasteiger charge is 2.13. The van der Waals surface area contributed by atoms with E-state index >= 15 is 0 Å². The fourth-order valence-corrected chi connectivity index (χ4v) is 2.09. The molecule has 5 heteroatoms. The molecule has 1 N–H and O–H groups in total. The monoisotopic (exact) mass is 335 g/mol. The van der Waals surface area contributed by atoms with Gasteiger partial charge in [0.1, 0.15) is 11.5 Å². The van der Waals surface area contributed by atoms with Gasteiger partial charge in [0.15, 0.2) is 0 Å². The van der Waals surface area contributed by atoms with Crippen LogP contribution < -0.4 is 14.8 Å². The van der Waals surface area contributed by atoms with E-state index in [9.17, 15) is 4.79 Å². The quantitative estimate of drug-likeness (QED) is 0.926. The number of benzene rings is 2. The topological polar surface area (TPSA) is 47.6 Å². The Balaban J connectivity index is 2.23. The molecule has 0 aromatic heterocycles. The fraction of sp³-hybridized carbons (Fsp3) is 0.133. The van der Waals surface area contributed by atoms with Gasteiger partial charge in [-0.1, -0.05) is 22.0 Å². The molecule has 0 saturated carbocycles. The molecule has 0 atom stereocenters. The van der Waals surface area contributed by atoms with Crippen molar-refractivity contribution in [1.82, 2.24) is 0 Å². The van der Waals surface area contributed by atoms with E-state index in [2.05, 4.69) is 21.2 Å². The summed E-state index contributed by atoms with van der Waals surface area (Å²) in [5.74, 6) is 0.966. The third-order valence-electron chi connectivity index (χ3n) is 2.74. The van der Waals surface area contributed by atoms with Gasteiger partial charge in [0.05, 0.1) is 19.8 Å². The number of methoxy groups -OCH3 is 2. The highest BCUT2D eigenvalue weighted by atomic mass is 79.9. The van der Waals surface area contributed by atoms with E-state index in [1.54, 1.807) is 37.4 Å². The van der Waals surface area contributed by atoms with Crippen LogP contribution >= 0.6 is 15.9 Å². The molecule has 104 valence electrons. The van der Waals surface area contributed by atoms with E-state index in [4.69, 9.17) is 9.47 Å². The number of anilines is 1. The van der Waals surface area contributed by atoms with Crippen molar-refractivity contribution >= 4 is 27.5 Å². The second-order valence-electron chi connectivity index (χ2n) is 4.03. The Morgan fingerprint density at radius 2 is 1.90 bits per heavy atom. The summed E-state index contributed by atoms with van der Waals surface area (Å²) >= 11 is 3.34. The van der Waals surface area contributed by atoms with Gasteiger partial charge < -0.3 is 14.8 Å². The van der Waals surface area contributed by atoms with Crippen LogP contribution in [0.15, 0.2) is 46.9 Å². The van der Waals surface area contributed by atoms with Crippen LogP contribution in [0.3, 0.4) is 0 Å². The molecule has 2 rings (SSSR count). The molecule has 0 saturated heterocycles. The van der Waals surface area contributed by atoms with Gasteiger partial charge in [0.2, 0.25) is 0 Å². The second kappa shape index (κ2) is 6.43. The Morgan fingerprint density at radius 3 is 2.60 bits per heavy atom. The maximum Gasteiger partial charge on any atom is 0.259 e. The summed E-state index contributed by atoms with van der Waals surface area (Å²) < 4.78 is 11.2. The maximum atomic E-state index is 12.3. The van der Waals surface area contributed by atoms with Crippen molar-refractivity contribution in [1.29, 1.82) is 0 Å². The number of nitrogens with one attached hydrogen (secondary N) is 1. The zero-order valence-electron chi connectivity index (χ0n) is 11.1. The van der Waals surface area contributed by atoms with Gasteiger partial charge in [0.25, 0.3) is 5.91 Å². The predicted molar refractivity (Wildman–Crippen MR) is 81.6 cm³/mol. The summed E-state index contributed by atoms with van der Waals surface area (Å²) in [6.07, 6.45) is 0. The molecule has 20 heavy (non-hydrogen) atoms. The number of amides is 1. The lowest BCUT2D eigenvalue weighted by atomic mass is 10.2. The van der Waals surface area contributed by atoms with E-state index in [0.717, 1.165) is 4.47 Å². The molecule has 0 heterocycles. The summed E-state index contributed by atoms with van der Waals surface area (Å²) in [6, 6.07) is 12.4. The van der Waals surface area contributed by atoms with Crippen LogP contribution in [0.1, 0.15) is 10.4 Å². The first kappa shape index (κ1) is 14.4. The minimum Gasteiger partial charge on any atom is -0.497 e. The summed E-state index contributed by atoms with van der Waals surface area (Å²) in [7, 11) is 3.11. The van der Waals surface area contributed by atoms with Gasteiger partial charge in [-0.2, -0.15) is 0 Å². The van der Waals surface area contributed by atoms with E-state index in [1.165, 1.54) is 7.11 Å². The molecule has 0 spiro atoms. The van der Waals surface area contributed by atoms with Crippen molar-refractivity contribution < 1.29 is 14.3 Å². The third-order valence-corrected chi connectivity index (χ3v) is 3.23. The van der Waals surface area contributed by atoms with Crippen molar-refractivity contribution in [3.05, 3.63) is 52.5 Å². The molecule has 0 fully saturated rings. The van der Waals surface area contributed by atoms with E-state index < -0.39 is 0 Å². The third kappa shape index (κ3) is 3.30. The molecule has 0 radical (unpaired) electrons. The number of hydrogen-bond donors (Lipinski definition) is 1. The minimum atomic E-state index is -0.234. The average Bonchev–Trinajstić information content (AvgIpc) is 2.47. The number of halogens is 1. The van der Waals surface area contributed by atoms with Crippen LogP contribution in [0.25, 0.3) is 0 Å². The molecule has 0 aliphatic heterocycles. The van der Waals surface area contributed by atoms with Crippen LogP contribution in [0, 0.1) is 0 Å². The number of carbonyl (C=O) groups excluding carboxylic acids is 1. The van der Waals surface area contributed by atoms with Crippen LogP contribution in [0.2, 0.25) is 0 Å². The van der Waals surface area contributed by atoms with Gasteiger partial charge in [-0.25, -0.2) is 0 Å². The van der Waals surface area contributed by atoms with E-state index in [1.807, 2.05) is 12.1 Å². The number of carbonyl (C=O) groups is 1. The number of ether oxygens (including phenoxy) is 2. The number of hydrogen-bond acceptors (Lipinski definition) is 3. The van der Waals surface area contributed by atoms with E-state index in [0.29, 0.717) is 22.7 Å². The van der Waals surface area contributed by atoms with Crippen LogP contribution in [0.4, 0.5) is 5.69 Å². The summed E-state index contributed by atoms with van der Waals surface area (Å²) in [5, 5.41) is 2.81. The summed E-state index contributed by atoms with van der Waals surface area (Å²) in [6.45, 7) is 0. The molecule has 1 amide bonds. The van der Waals surface area contributed by atoms with Crippen LogP contribution in [-0.4, -0.2) is 20.1 Å². The zero-order chi connectivity index (χ0) is 14.5. The Hall–Kier alpha value is -2.01. The maximum absolute atomic E-state index is 12.3. The smallest absolute Gasteiger partial charge is 0.259 e. The molecule has 4 nitrogen and oxygen atoms in total. The molecular weight excluding hydrogens is 322 g/mol. The highest BCUT2D eigenvalue weighted by molar-refractivity contribution is 9.10. The molecular formula is C15H14BrNO3. The lowest BCUT2D eigenvalue weighted by Crippen LogP contribution is -2.13. The van der Waals surface area contributed by atoms with Gasteiger partial charge in [-0.05, 0) is 30.3 Å². The van der Waals surface area contributed by atoms with Crippen molar-refractivity contribution in [3.8, 4) is 11.5 Å². The van der Waals surface area contributed by atoms with Crippen molar-refractivity contribution in [2.75, 3.05) is 19.5 Å². The van der Waals surface area contributed by atoms with Gasteiger partial charge in [-0.15, -0.1) is 0 Å². The molecule has 0 unspecified atom stereocenters. The molecule has 0 bridgehead atoms. The molecule has 2 aromatic carbocycles. The largest absolute Gasteiger partial charge is 0.497 e. The van der Waals surface area contributed by atoms with Crippen molar-refractivity contribution in [3.63, 3.8) is 0 Å². The molecule has 0 aliphatic rings. The molecule has 0 aliphatic carbocycles. The first-order valence-corrected chi connectivity index (χ1v) is 6.72. The van der Waals surface area contributed by atoms with Crippen LogP contribution in [0.5, 0.6) is 11.5 Å². The predicted octanol–water partition coefficient (Wildman–Crippen LogP) is 3.72. The lowest BCUT2D eigenvalue weighted by molar-refractivity contribution is 0.102. The summed E-state index contributed by atoms with van der Waals surface area (Å²) in [5.41, 5.74) is 1.14. The van der Waals surface area contributed by atoms with Gasteiger partial charge in [-0.3, -0.25) is 4.79 Å². The highest BCUT2D eigenvalue weighted by Crippen LogP contribution is 2.25.